The highest BCUT2D eigenvalue weighted by molar-refractivity contribution is 9.10. The zero-order valence-electron chi connectivity index (χ0n) is 9.58. The second-order valence-electron chi connectivity index (χ2n) is 4.20. The summed E-state index contributed by atoms with van der Waals surface area (Å²) >= 11 is 3.48. The van der Waals surface area contributed by atoms with Crippen LogP contribution >= 0.6 is 15.9 Å². The number of benzene rings is 1. The number of hydrogen-bond acceptors (Lipinski definition) is 3. The summed E-state index contributed by atoms with van der Waals surface area (Å²) in [6.45, 7) is 1.72. The molecule has 0 saturated carbocycles. The smallest absolute Gasteiger partial charge is 0.160 e. The first-order chi connectivity index (χ1) is 8.74. The highest BCUT2D eigenvalue weighted by Crippen LogP contribution is 2.24. The Morgan fingerprint density at radius 1 is 1.17 bits per heavy atom. The van der Waals surface area contributed by atoms with Crippen molar-refractivity contribution >= 4 is 15.9 Å². The van der Waals surface area contributed by atoms with Gasteiger partial charge in [-0.25, -0.2) is 14.4 Å². The van der Waals surface area contributed by atoms with Crippen LogP contribution in [0.3, 0.4) is 0 Å². The van der Waals surface area contributed by atoms with Gasteiger partial charge in [0.1, 0.15) is 10.4 Å². The number of nitrogens with zero attached hydrogens (tertiary/aromatic N) is 2. The Bertz CT molecular complexity index is 584. The first kappa shape index (κ1) is 11.7. The van der Waals surface area contributed by atoms with Crippen LogP contribution < -0.4 is 5.32 Å². The maximum atomic E-state index is 12.9. The molecule has 1 aromatic carbocycles. The van der Waals surface area contributed by atoms with E-state index in [2.05, 4.69) is 31.2 Å². The first-order valence-corrected chi connectivity index (χ1v) is 6.55. The lowest BCUT2D eigenvalue weighted by molar-refractivity contribution is 0.622. The number of hydrogen-bond donors (Lipinski definition) is 1. The fourth-order valence-electron chi connectivity index (χ4n) is 2.03. The Morgan fingerprint density at radius 3 is 2.72 bits per heavy atom. The van der Waals surface area contributed by atoms with E-state index in [-0.39, 0.29) is 5.82 Å². The van der Waals surface area contributed by atoms with Crippen molar-refractivity contribution < 1.29 is 4.39 Å². The SMILES string of the molecule is Fc1ccc(-c2nc(Br)c3c(n2)CCNC3)cc1. The van der Waals surface area contributed by atoms with Crippen molar-refractivity contribution in [3.05, 3.63) is 45.9 Å². The van der Waals surface area contributed by atoms with E-state index >= 15 is 0 Å². The predicted octanol–water partition coefficient (Wildman–Crippen LogP) is 2.69. The van der Waals surface area contributed by atoms with Crippen molar-refractivity contribution in [1.29, 1.82) is 0 Å². The van der Waals surface area contributed by atoms with Gasteiger partial charge in [-0.1, -0.05) is 0 Å². The Balaban J connectivity index is 2.08. The summed E-state index contributed by atoms with van der Waals surface area (Å²) in [6, 6.07) is 6.25. The lowest BCUT2D eigenvalue weighted by Crippen LogP contribution is -2.25. The molecular weight excluding hydrogens is 297 g/mol. The van der Waals surface area contributed by atoms with Gasteiger partial charge in [-0.3, -0.25) is 0 Å². The molecule has 5 heteroatoms. The van der Waals surface area contributed by atoms with E-state index in [0.717, 1.165) is 40.9 Å². The van der Waals surface area contributed by atoms with Crippen LogP contribution in [-0.2, 0) is 13.0 Å². The summed E-state index contributed by atoms with van der Waals surface area (Å²) in [5, 5.41) is 3.29. The average molecular weight is 308 g/mol. The van der Waals surface area contributed by atoms with Gasteiger partial charge in [0.15, 0.2) is 5.82 Å². The van der Waals surface area contributed by atoms with Crippen LogP contribution in [0.1, 0.15) is 11.3 Å². The van der Waals surface area contributed by atoms with Crippen LogP contribution in [0, 0.1) is 5.82 Å². The van der Waals surface area contributed by atoms with Gasteiger partial charge in [0.2, 0.25) is 0 Å². The van der Waals surface area contributed by atoms with Gasteiger partial charge >= 0.3 is 0 Å². The molecular formula is C13H11BrFN3. The van der Waals surface area contributed by atoms with Gasteiger partial charge in [0, 0.05) is 30.6 Å². The van der Waals surface area contributed by atoms with Crippen LogP contribution in [0.15, 0.2) is 28.9 Å². The zero-order chi connectivity index (χ0) is 12.5. The van der Waals surface area contributed by atoms with Gasteiger partial charge in [-0.15, -0.1) is 0 Å². The molecule has 0 aliphatic carbocycles. The molecule has 0 fully saturated rings. The van der Waals surface area contributed by atoms with Crippen LogP contribution in [0.2, 0.25) is 0 Å². The number of halogens is 2. The molecule has 3 nitrogen and oxygen atoms in total. The highest BCUT2D eigenvalue weighted by atomic mass is 79.9. The Labute approximate surface area is 113 Å². The maximum Gasteiger partial charge on any atom is 0.160 e. The topological polar surface area (TPSA) is 37.8 Å². The molecule has 0 amide bonds. The third-order valence-electron chi connectivity index (χ3n) is 2.99. The molecule has 92 valence electrons. The van der Waals surface area contributed by atoms with E-state index in [0.29, 0.717) is 5.82 Å². The molecule has 0 saturated heterocycles. The molecule has 18 heavy (non-hydrogen) atoms. The minimum atomic E-state index is -0.250. The standard InChI is InChI=1S/C13H11BrFN3/c14-12-10-7-16-6-5-11(10)17-13(18-12)8-1-3-9(15)4-2-8/h1-4,16H,5-7H2. The summed E-state index contributed by atoms with van der Waals surface area (Å²) in [4.78, 5) is 9.00. The third kappa shape index (κ3) is 2.15. The van der Waals surface area contributed by atoms with Crippen molar-refractivity contribution in [2.75, 3.05) is 6.54 Å². The highest BCUT2D eigenvalue weighted by Gasteiger charge is 2.16. The second kappa shape index (κ2) is 4.74. The quantitative estimate of drug-likeness (QED) is 0.823. The number of rotatable bonds is 1. The zero-order valence-corrected chi connectivity index (χ0v) is 11.2. The largest absolute Gasteiger partial charge is 0.312 e. The molecule has 1 N–H and O–H groups in total. The van der Waals surface area contributed by atoms with Crippen LogP contribution in [0.5, 0.6) is 0 Å². The van der Waals surface area contributed by atoms with E-state index in [1.165, 1.54) is 12.1 Å². The minimum absolute atomic E-state index is 0.250. The van der Waals surface area contributed by atoms with Crippen LogP contribution in [0.25, 0.3) is 11.4 Å². The van der Waals surface area contributed by atoms with E-state index < -0.39 is 0 Å². The van der Waals surface area contributed by atoms with E-state index in [9.17, 15) is 4.39 Å². The Kier molecular flexibility index (Phi) is 3.09. The molecule has 1 aliphatic heterocycles. The lowest BCUT2D eigenvalue weighted by atomic mass is 10.1. The molecule has 2 heterocycles. The summed E-state index contributed by atoms with van der Waals surface area (Å²) in [7, 11) is 0. The van der Waals surface area contributed by atoms with E-state index in [1.807, 2.05) is 0 Å². The minimum Gasteiger partial charge on any atom is -0.312 e. The Hall–Kier alpha value is -1.33. The molecule has 0 atom stereocenters. The molecule has 0 unspecified atom stereocenters. The predicted molar refractivity (Wildman–Crippen MR) is 70.5 cm³/mol. The second-order valence-corrected chi connectivity index (χ2v) is 4.95. The normalized spacial score (nSPS) is 14.3. The van der Waals surface area contributed by atoms with Crippen molar-refractivity contribution in [3.8, 4) is 11.4 Å². The van der Waals surface area contributed by atoms with Gasteiger partial charge in [0.25, 0.3) is 0 Å². The fraction of sp³-hybridized carbons (Fsp3) is 0.231. The van der Waals surface area contributed by atoms with Gasteiger partial charge < -0.3 is 5.32 Å². The van der Waals surface area contributed by atoms with E-state index in [4.69, 9.17) is 0 Å². The molecule has 1 aliphatic rings. The number of fused-ring (bicyclic) bond motifs is 1. The summed E-state index contributed by atoms with van der Waals surface area (Å²) in [6.07, 6.45) is 0.894. The molecule has 1 aromatic heterocycles. The van der Waals surface area contributed by atoms with Crippen LogP contribution in [0.4, 0.5) is 4.39 Å². The van der Waals surface area contributed by atoms with Crippen molar-refractivity contribution in [3.63, 3.8) is 0 Å². The summed E-state index contributed by atoms with van der Waals surface area (Å²) in [5.41, 5.74) is 3.01. The van der Waals surface area contributed by atoms with E-state index in [1.54, 1.807) is 12.1 Å². The summed E-state index contributed by atoms with van der Waals surface area (Å²) in [5.74, 6) is 0.391. The molecule has 0 spiro atoms. The van der Waals surface area contributed by atoms with Crippen molar-refractivity contribution in [2.24, 2.45) is 0 Å². The third-order valence-corrected chi connectivity index (χ3v) is 3.64. The number of aromatic nitrogens is 2. The first-order valence-electron chi connectivity index (χ1n) is 5.76. The molecule has 2 aromatic rings. The van der Waals surface area contributed by atoms with Crippen molar-refractivity contribution in [1.82, 2.24) is 15.3 Å². The van der Waals surface area contributed by atoms with Gasteiger partial charge in [-0.2, -0.15) is 0 Å². The molecule has 0 radical (unpaired) electrons. The summed E-state index contributed by atoms with van der Waals surface area (Å²) < 4.78 is 13.7. The number of nitrogens with one attached hydrogen (secondary N) is 1. The average Bonchev–Trinajstić information content (AvgIpc) is 2.39. The van der Waals surface area contributed by atoms with Crippen LogP contribution in [-0.4, -0.2) is 16.5 Å². The monoisotopic (exact) mass is 307 g/mol. The molecule has 3 rings (SSSR count). The lowest BCUT2D eigenvalue weighted by Gasteiger charge is -2.17. The fourth-order valence-corrected chi connectivity index (χ4v) is 2.57. The molecule has 0 bridgehead atoms. The van der Waals surface area contributed by atoms with Gasteiger partial charge in [0.05, 0.1) is 5.69 Å². The maximum absolute atomic E-state index is 12.9. The Morgan fingerprint density at radius 2 is 1.94 bits per heavy atom. The van der Waals surface area contributed by atoms with Gasteiger partial charge in [-0.05, 0) is 40.2 Å². The van der Waals surface area contributed by atoms with Crippen molar-refractivity contribution in [2.45, 2.75) is 13.0 Å².